The van der Waals surface area contributed by atoms with Gasteiger partial charge in [-0.2, -0.15) is 0 Å². The molecule has 1 amide bonds. The Morgan fingerprint density at radius 1 is 1.29 bits per heavy atom. The number of hydrogen-bond acceptors (Lipinski definition) is 5. The van der Waals surface area contributed by atoms with E-state index in [2.05, 4.69) is 51.2 Å². The van der Waals surface area contributed by atoms with Crippen molar-refractivity contribution in [1.29, 1.82) is 0 Å². The fourth-order valence-electron chi connectivity index (χ4n) is 3.40. The summed E-state index contributed by atoms with van der Waals surface area (Å²) >= 11 is 0. The number of ether oxygens (including phenoxy) is 1. The molecule has 1 aliphatic heterocycles. The second kappa shape index (κ2) is 11.2. The number of nitrogens with one attached hydrogen (secondary N) is 1. The highest BCUT2D eigenvalue weighted by atomic mass is 16.5. The summed E-state index contributed by atoms with van der Waals surface area (Å²) in [6, 6.07) is 15.5. The molecule has 0 bridgehead atoms. The molecule has 7 nitrogen and oxygen atoms in total. The highest BCUT2D eigenvalue weighted by Crippen LogP contribution is 2.20. The third-order valence-corrected chi connectivity index (χ3v) is 4.99. The Morgan fingerprint density at radius 3 is 2.90 bits per heavy atom. The lowest BCUT2D eigenvalue weighted by atomic mass is 10.00. The van der Waals surface area contributed by atoms with Crippen molar-refractivity contribution in [2.75, 3.05) is 25.0 Å². The summed E-state index contributed by atoms with van der Waals surface area (Å²) in [5, 5.41) is 13.2. The molecule has 162 valence electrons. The number of β-amino-alcohol motifs (C(OH)–C–C–N with tert-alkyl or cyclic N) is 1. The van der Waals surface area contributed by atoms with E-state index in [1.54, 1.807) is 31.2 Å². The van der Waals surface area contributed by atoms with Gasteiger partial charge in [0.15, 0.2) is 0 Å². The Labute approximate surface area is 182 Å². The highest BCUT2D eigenvalue weighted by molar-refractivity contribution is 6.03. The number of anilines is 1. The van der Waals surface area contributed by atoms with Crippen LogP contribution in [0.1, 0.15) is 18.1 Å². The third-order valence-electron chi connectivity index (χ3n) is 4.99. The van der Waals surface area contributed by atoms with Crippen LogP contribution >= 0.6 is 0 Å². The van der Waals surface area contributed by atoms with Gasteiger partial charge in [-0.3, -0.25) is 14.7 Å². The minimum Gasteiger partial charge on any atom is -0.491 e. The van der Waals surface area contributed by atoms with Gasteiger partial charge in [0, 0.05) is 43.2 Å². The van der Waals surface area contributed by atoms with Crippen molar-refractivity contribution in [1.82, 2.24) is 4.90 Å². The van der Waals surface area contributed by atoms with E-state index in [1.807, 2.05) is 0 Å². The average Bonchev–Trinajstić information content (AvgIpc) is 2.78. The van der Waals surface area contributed by atoms with Crippen LogP contribution in [0.3, 0.4) is 0 Å². The molecule has 0 saturated heterocycles. The minimum atomic E-state index is -0.606. The number of aliphatic hydroxyl groups is 1. The van der Waals surface area contributed by atoms with E-state index in [9.17, 15) is 9.90 Å². The number of carbonyl (C=O) groups excluding carboxylic acids is 1. The highest BCUT2D eigenvalue weighted by Gasteiger charge is 2.18. The van der Waals surface area contributed by atoms with Crippen molar-refractivity contribution in [3.8, 4) is 5.75 Å². The average molecular weight is 421 g/mol. The molecule has 2 aromatic rings. The van der Waals surface area contributed by atoms with E-state index >= 15 is 0 Å². The van der Waals surface area contributed by atoms with E-state index in [1.165, 1.54) is 23.7 Å². The van der Waals surface area contributed by atoms with E-state index in [0.29, 0.717) is 23.6 Å². The van der Waals surface area contributed by atoms with Gasteiger partial charge >= 0.3 is 0 Å². The molecule has 1 heterocycles. The van der Waals surface area contributed by atoms with Crippen LogP contribution in [0, 0.1) is 0 Å². The van der Waals surface area contributed by atoms with Gasteiger partial charge in [0.2, 0.25) is 0 Å². The van der Waals surface area contributed by atoms with Crippen LogP contribution in [0.4, 0.5) is 5.69 Å². The van der Waals surface area contributed by atoms with Crippen LogP contribution in [0.2, 0.25) is 0 Å². The number of benzene rings is 2. The first-order valence-corrected chi connectivity index (χ1v) is 10.2. The van der Waals surface area contributed by atoms with Gasteiger partial charge < -0.3 is 15.2 Å². The predicted molar refractivity (Wildman–Crippen MR) is 124 cm³/mol. The van der Waals surface area contributed by atoms with Gasteiger partial charge in [-0.15, -0.1) is 0 Å². The molecule has 31 heavy (non-hydrogen) atoms. The maximum absolute atomic E-state index is 12.2. The maximum atomic E-state index is 12.2. The first-order chi connectivity index (χ1) is 15.0. The van der Waals surface area contributed by atoms with E-state index < -0.39 is 6.10 Å². The van der Waals surface area contributed by atoms with Crippen LogP contribution < -0.4 is 10.1 Å². The Bertz CT molecular complexity index is 971. The molecule has 0 aromatic heterocycles. The maximum Gasteiger partial charge on any atom is 0.252 e. The molecule has 0 fully saturated rings. The largest absolute Gasteiger partial charge is 0.491 e. The predicted octanol–water partition coefficient (Wildman–Crippen LogP) is 3.06. The molecule has 0 saturated carbocycles. The van der Waals surface area contributed by atoms with Crippen LogP contribution in [-0.4, -0.2) is 54.8 Å². The third kappa shape index (κ3) is 6.87. The molecule has 1 aliphatic rings. The van der Waals surface area contributed by atoms with Crippen LogP contribution in [0.25, 0.3) is 0 Å². The lowest BCUT2D eigenvalue weighted by Crippen LogP contribution is -2.38. The SMILES string of the molecule is C=NC=N/C=C(\C)C(=O)Nc1cccc(OCC(O)CN2CCc3ccccc3C2)c1. The van der Waals surface area contributed by atoms with Crippen molar-refractivity contribution >= 4 is 24.7 Å². The summed E-state index contributed by atoms with van der Waals surface area (Å²) < 4.78 is 5.76. The van der Waals surface area contributed by atoms with E-state index in [-0.39, 0.29) is 12.5 Å². The zero-order valence-electron chi connectivity index (χ0n) is 17.7. The lowest BCUT2D eigenvalue weighted by molar-refractivity contribution is -0.112. The zero-order valence-corrected chi connectivity index (χ0v) is 17.7. The summed E-state index contributed by atoms with van der Waals surface area (Å²) in [6.07, 6.45) is 3.07. The normalized spacial score (nSPS) is 15.4. The summed E-state index contributed by atoms with van der Waals surface area (Å²) in [4.78, 5) is 21.8. The Balaban J connectivity index is 1.48. The molecule has 1 atom stereocenters. The number of nitrogens with zero attached hydrogens (tertiary/aromatic N) is 3. The smallest absolute Gasteiger partial charge is 0.252 e. The molecule has 2 N–H and O–H groups in total. The molecule has 2 aromatic carbocycles. The van der Waals surface area contributed by atoms with E-state index in [0.717, 1.165) is 19.5 Å². The van der Waals surface area contributed by atoms with E-state index in [4.69, 9.17) is 4.74 Å². The molecule has 0 aliphatic carbocycles. The van der Waals surface area contributed by atoms with Gasteiger partial charge in [-0.25, -0.2) is 4.99 Å². The van der Waals surface area contributed by atoms with Gasteiger partial charge in [-0.05, 0) is 43.3 Å². The number of aliphatic hydroxyl groups excluding tert-OH is 1. The van der Waals surface area contributed by atoms with Crippen LogP contribution in [0.5, 0.6) is 5.75 Å². The van der Waals surface area contributed by atoms with Crippen molar-refractivity contribution < 1.29 is 14.6 Å². The first-order valence-electron chi connectivity index (χ1n) is 10.2. The number of rotatable bonds is 9. The molecule has 0 radical (unpaired) electrons. The lowest BCUT2D eigenvalue weighted by Gasteiger charge is -2.30. The molecular weight excluding hydrogens is 392 g/mol. The molecular formula is C24H28N4O3. The fourth-order valence-corrected chi connectivity index (χ4v) is 3.40. The Kier molecular flexibility index (Phi) is 8.09. The van der Waals surface area contributed by atoms with Crippen molar-refractivity contribution in [2.24, 2.45) is 9.98 Å². The van der Waals surface area contributed by atoms with Crippen LogP contribution in [-0.2, 0) is 17.8 Å². The molecule has 7 heteroatoms. The summed E-state index contributed by atoms with van der Waals surface area (Å²) in [5.74, 6) is 0.306. The van der Waals surface area contributed by atoms with Crippen molar-refractivity contribution in [2.45, 2.75) is 26.0 Å². The van der Waals surface area contributed by atoms with Crippen molar-refractivity contribution in [3.63, 3.8) is 0 Å². The summed E-state index contributed by atoms with van der Waals surface area (Å²) in [6.45, 7) is 7.44. The summed E-state index contributed by atoms with van der Waals surface area (Å²) in [7, 11) is 0. The fraction of sp³-hybridized carbons (Fsp3) is 0.292. The zero-order chi connectivity index (χ0) is 22.1. The topological polar surface area (TPSA) is 86.5 Å². The quantitative estimate of drug-likeness (QED) is 0.371. The summed E-state index contributed by atoms with van der Waals surface area (Å²) in [5.41, 5.74) is 3.74. The first kappa shape index (κ1) is 22.4. The molecule has 1 unspecified atom stereocenters. The molecule has 3 rings (SSSR count). The van der Waals surface area contributed by atoms with Gasteiger partial charge in [0.1, 0.15) is 24.8 Å². The minimum absolute atomic E-state index is 0.178. The Hall–Kier alpha value is -3.29. The van der Waals surface area contributed by atoms with Crippen LogP contribution in [0.15, 0.2) is 70.3 Å². The number of amides is 1. The van der Waals surface area contributed by atoms with Crippen molar-refractivity contribution in [3.05, 3.63) is 71.4 Å². The standard InChI is InChI=1S/C24H28N4O3/c1-18(13-26-17-25-2)24(30)27-21-8-5-9-23(12-21)31-16-22(29)15-28-11-10-19-6-3-4-7-20(19)14-28/h3-9,12-13,17,22,29H,2,10-11,14-16H2,1H3,(H,27,30)/b18-13+,26-17?. The van der Waals surface area contributed by atoms with Gasteiger partial charge in [-0.1, -0.05) is 30.3 Å². The Morgan fingerprint density at radius 2 is 2.10 bits per heavy atom. The second-order valence-corrected chi connectivity index (χ2v) is 7.46. The second-order valence-electron chi connectivity index (χ2n) is 7.46. The molecule has 0 spiro atoms. The van der Waals surface area contributed by atoms with Gasteiger partial charge in [0.25, 0.3) is 5.91 Å². The van der Waals surface area contributed by atoms with Gasteiger partial charge in [0.05, 0.1) is 0 Å². The number of hydrogen-bond donors (Lipinski definition) is 2. The number of fused-ring (bicyclic) bond motifs is 1. The number of carbonyl (C=O) groups is 1. The monoisotopic (exact) mass is 420 g/mol. The number of aliphatic imine (C=N–C) groups is 2.